The maximum absolute atomic E-state index is 11.7. The molecule has 110 valence electrons. The van der Waals surface area contributed by atoms with Gasteiger partial charge in [0.15, 0.2) is 0 Å². The highest BCUT2D eigenvalue weighted by atomic mass is 32.2. The first kappa shape index (κ1) is 9.55. The molecule has 0 fully saturated rings. The van der Waals surface area contributed by atoms with Crippen molar-refractivity contribution in [3.8, 4) is 0 Å². The molecule has 0 atom stereocenters. The van der Waals surface area contributed by atoms with Crippen LogP contribution in [0.25, 0.3) is 10.9 Å². The van der Waals surface area contributed by atoms with Crippen LogP contribution in [0.2, 0.25) is 0 Å². The van der Waals surface area contributed by atoms with Crippen molar-refractivity contribution in [2.24, 2.45) is 0 Å². The van der Waals surface area contributed by atoms with Gasteiger partial charge in [0, 0.05) is 30.5 Å². The van der Waals surface area contributed by atoms with E-state index in [9.17, 15) is 8.42 Å². The maximum atomic E-state index is 11.7. The molecule has 0 amide bonds. The van der Waals surface area contributed by atoms with Crippen molar-refractivity contribution in [3.05, 3.63) is 35.5 Å². The Morgan fingerprint density at radius 2 is 2.30 bits per heavy atom. The summed E-state index contributed by atoms with van der Waals surface area (Å²) in [5.41, 5.74) is 1.46. The second-order valence-corrected chi connectivity index (χ2v) is 6.50. The first-order valence-corrected chi connectivity index (χ1v) is 7.74. The van der Waals surface area contributed by atoms with Crippen molar-refractivity contribution in [3.63, 3.8) is 0 Å². The molecule has 6 heteroatoms. The second-order valence-electron chi connectivity index (χ2n) is 4.58. The molecule has 0 bridgehead atoms. The number of H-pyrrole nitrogens is 1. The highest BCUT2D eigenvalue weighted by Crippen LogP contribution is 2.21. The molecule has 20 heavy (non-hydrogen) atoms. The Hall–Kier alpha value is -1.37. The predicted octanol–water partition coefficient (Wildman–Crippen LogP) is 1.32. The van der Waals surface area contributed by atoms with Gasteiger partial charge in [-0.2, -0.15) is 0 Å². The van der Waals surface area contributed by atoms with Crippen molar-refractivity contribution in [2.45, 2.75) is 12.1 Å². The lowest BCUT2D eigenvalue weighted by Crippen LogP contribution is -2.20. The van der Waals surface area contributed by atoms with Crippen LogP contribution in [0.1, 0.15) is 18.0 Å². The topological polar surface area (TPSA) is 65.2 Å². The molecular formula is C14H21N3O2S. The molecule has 0 saturated heterocycles. The predicted molar refractivity (Wildman–Crippen MR) is 82.2 cm³/mol. The summed E-state index contributed by atoms with van der Waals surface area (Å²) < 4.78 is 64.4. The van der Waals surface area contributed by atoms with E-state index in [1.165, 1.54) is 20.3 Å². The first-order chi connectivity index (χ1) is 11.4. The summed E-state index contributed by atoms with van der Waals surface area (Å²) in [4.78, 5) is 3.92. The SMILES string of the molecule is [2H]C([2H])(CN(C)C([2H])([2H])[2H])c1c[nH]c2ccc(CS(=O)(=O)NC)cc12. The van der Waals surface area contributed by atoms with Crippen molar-refractivity contribution in [1.82, 2.24) is 14.6 Å². The molecule has 0 saturated carbocycles. The van der Waals surface area contributed by atoms with Gasteiger partial charge in [-0.3, -0.25) is 0 Å². The fourth-order valence-corrected chi connectivity index (χ4v) is 2.66. The average molecular weight is 300 g/mol. The Morgan fingerprint density at radius 1 is 1.50 bits per heavy atom. The Kier molecular flexibility index (Phi) is 2.84. The van der Waals surface area contributed by atoms with Crippen LogP contribution in [0.3, 0.4) is 0 Å². The molecule has 0 unspecified atom stereocenters. The summed E-state index contributed by atoms with van der Waals surface area (Å²) >= 11 is 0. The van der Waals surface area contributed by atoms with Gasteiger partial charge < -0.3 is 9.88 Å². The molecular weight excluding hydrogens is 274 g/mol. The maximum Gasteiger partial charge on any atom is 0.215 e. The molecule has 2 rings (SSSR count). The smallest absolute Gasteiger partial charge is 0.215 e. The number of hydrogen-bond acceptors (Lipinski definition) is 3. The molecule has 0 radical (unpaired) electrons. The van der Waals surface area contributed by atoms with E-state index in [0.29, 0.717) is 22.0 Å². The van der Waals surface area contributed by atoms with Gasteiger partial charge >= 0.3 is 0 Å². The molecule has 0 spiro atoms. The van der Waals surface area contributed by atoms with Crippen molar-refractivity contribution >= 4 is 20.9 Å². The summed E-state index contributed by atoms with van der Waals surface area (Å²) in [6, 6.07) is 4.95. The molecule has 1 aromatic carbocycles. The Labute approximate surface area is 127 Å². The van der Waals surface area contributed by atoms with E-state index < -0.39 is 23.4 Å². The second kappa shape index (κ2) is 5.95. The third kappa shape index (κ3) is 3.59. The number of rotatable bonds is 6. The van der Waals surface area contributed by atoms with E-state index >= 15 is 0 Å². The van der Waals surface area contributed by atoms with E-state index in [1.54, 1.807) is 18.2 Å². The first-order valence-electron chi connectivity index (χ1n) is 8.59. The van der Waals surface area contributed by atoms with Crippen LogP contribution in [-0.4, -0.2) is 45.9 Å². The molecule has 1 heterocycles. The van der Waals surface area contributed by atoms with Gasteiger partial charge in [0.25, 0.3) is 0 Å². The number of aromatic nitrogens is 1. The molecule has 2 aromatic rings. The van der Waals surface area contributed by atoms with Crippen LogP contribution in [0.4, 0.5) is 0 Å². The molecule has 0 aliphatic heterocycles. The van der Waals surface area contributed by atoms with Gasteiger partial charge in [0.2, 0.25) is 10.0 Å². The summed E-state index contributed by atoms with van der Waals surface area (Å²) in [7, 11) is -0.777. The van der Waals surface area contributed by atoms with Crippen LogP contribution in [0, 0.1) is 0 Å². The minimum absolute atomic E-state index is 0.220. The standard InChI is InChI=1S/C14H21N3O2S/c1-15-20(18,19)10-11-4-5-14-13(8-11)12(9-16-14)6-7-17(2)3/h4-5,8-9,15-16H,6-7,10H2,1-3H3/i2D3,6D2. The van der Waals surface area contributed by atoms with Gasteiger partial charge in [0.1, 0.15) is 0 Å². The van der Waals surface area contributed by atoms with Gasteiger partial charge in [-0.15, -0.1) is 0 Å². The van der Waals surface area contributed by atoms with E-state index in [-0.39, 0.29) is 12.3 Å². The van der Waals surface area contributed by atoms with E-state index in [4.69, 9.17) is 6.85 Å². The van der Waals surface area contributed by atoms with E-state index in [1.807, 2.05) is 0 Å². The molecule has 5 nitrogen and oxygen atoms in total. The Morgan fingerprint density at radius 3 is 3.00 bits per heavy atom. The zero-order valence-electron chi connectivity index (χ0n) is 16.4. The normalized spacial score (nSPS) is 17.4. The molecule has 0 aliphatic carbocycles. The number of benzene rings is 1. The van der Waals surface area contributed by atoms with Gasteiger partial charge in [-0.05, 0) is 50.7 Å². The number of fused-ring (bicyclic) bond motifs is 1. The lowest BCUT2D eigenvalue weighted by molar-refractivity contribution is 0.414. The average Bonchev–Trinajstić information content (AvgIpc) is 2.89. The van der Waals surface area contributed by atoms with Crippen molar-refractivity contribution in [2.75, 3.05) is 27.6 Å². The summed E-state index contributed by atoms with van der Waals surface area (Å²) in [5.74, 6) is -0.220. The minimum atomic E-state index is -3.45. The van der Waals surface area contributed by atoms with Crippen molar-refractivity contribution in [1.29, 1.82) is 0 Å². The quantitative estimate of drug-likeness (QED) is 0.845. The van der Waals surface area contributed by atoms with Gasteiger partial charge in [0.05, 0.1) is 5.75 Å². The number of aromatic amines is 1. The summed E-state index contributed by atoms with van der Waals surface area (Å²) in [6.45, 7) is -2.72. The Bertz CT molecular complexity index is 861. The van der Waals surface area contributed by atoms with Crippen LogP contribution >= 0.6 is 0 Å². The number of nitrogens with zero attached hydrogens (tertiary/aromatic N) is 1. The number of likely N-dealkylation sites (N-methyl/N-ethyl adjacent to an activating group) is 1. The minimum Gasteiger partial charge on any atom is -0.361 e. The molecule has 1 aromatic heterocycles. The third-order valence-corrected chi connectivity index (χ3v) is 4.26. The fraction of sp³-hybridized carbons (Fsp3) is 0.429. The zero-order valence-corrected chi connectivity index (χ0v) is 12.2. The zero-order chi connectivity index (χ0) is 19.0. The third-order valence-electron chi connectivity index (χ3n) is 2.92. The fourth-order valence-electron chi connectivity index (χ4n) is 1.90. The van der Waals surface area contributed by atoms with Crippen LogP contribution < -0.4 is 4.72 Å². The number of sulfonamides is 1. The lowest BCUT2D eigenvalue weighted by atomic mass is 10.1. The van der Waals surface area contributed by atoms with Gasteiger partial charge in [-0.1, -0.05) is 6.07 Å². The van der Waals surface area contributed by atoms with E-state index in [2.05, 4.69) is 9.71 Å². The van der Waals surface area contributed by atoms with Crippen molar-refractivity contribution < 1.29 is 15.3 Å². The van der Waals surface area contributed by atoms with E-state index in [0.717, 1.165) is 4.90 Å². The summed E-state index contributed by atoms with van der Waals surface area (Å²) in [6.07, 6.45) is -0.434. The van der Waals surface area contributed by atoms with Gasteiger partial charge in [-0.25, -0.2) is 13.1 Å². The monoisotopic (exact) mass is 300 g/mol. The molecule has 0 aliphatic rings. The number of nitrogens with one attached hydrogen (secondary N) is 2. The van der Waals surface area contributed by atoms with Crippen LogP contribution in [-0.2, 0) is 22.1 Å². The number of hydrogen-bond donors (Lipinski definition) is 2. The highest BCUT2D eigenvalue weighted by molar-refractivity contribution is 7.88. The van der Waals surface area contributed by atoms with Crippen LogP contribution in [0.15, 0.2) is 24.4 Å². The summed E-state index contributed by atoms with van der Waals surface area (Å²) in [5, 5.41) is 0.535. The van der Waals surface area contributed by atoms with Crippen LogP contribution in [0.5, 0.6) is 0 Å². The molecule has 2 N–H and O–H groups in total. The largest absolute Gasteiger partial charge is 0.361 e. The Balaban J connectivity index is 2.41. The lowest BCUT2D eigenvalue weighted by Gasteiger charge is -2.08. The highest BCUT2D eigenvalue weighted by Gasteiger charge is 2.11.